The molecule has 4 heteroatoms. The van der Waals surface area contributed by atoms with Gasteiger partial charge in [0.05, 0.1) is 0 Å². The third-order valence-electron chi connectivity index (χ3n) is 1.42. The largest absolute Gasteiger partial charge is 0.399 e. The first-order valence-electron chi connectivity index (χ1n) is 3.04. The Bertz CT molecular complexity index is 355. The molecular weight excluding hydrogens is 162 g/mol. The number of pyridine rings is 1. The molecule has 0 unspecified atom stereocenters. The Morgan fingerprint density at radius 1 is 1.36 bits per heavy atom. The number of halogens is 1. The van der Waals surface area contributed by atoms with Gasteiger partial charge in [0.25, 0.3) is 0 Å². The van der Waals surface area contributed by atoms with Crippen LogP contribution in [0.15, 0.2) is 30.7 Å². The van der Waals surface area contributed by atoms with E-state index < -0.39 is 0 Å². The van der Waals surface area contributed by atoms with Crippen molar-refractivity contribution in [3.05, 3.63) is 30.7 Å². The van der Waals surface area contributed by atoms with Gasteiger partial charge in [-0.25, -0.2) is 4.98 Å². The van der Waals surface area contributed by atoms with Crippen LogP contribution in [-0.2, 0) is 0 Å². The lowest BCUT2D eigenvalue weighted by molar-refractivity contribution is 1.19. The molecule has 0 radical (unpaired) electrons. The zero-order chi connectivity index (χ0) is 6.97. The van der Waals surface area contributed by atoms with Gasteiger partial charge in [-0.2, -0.15) is 0 Å². The van der Waals surface area contributed by atoms with Gasteiger partial charge in [0.2, 0.25) is 0 Å². The van der Waals surface area contributed by atoms with E-state index in [2.05, 4.69) is 4.98 Å². The van der Waals surface area contributed by atoms with Crippen LogP contribution in [0.2, 0.25) is 0 Å². The number of imidazole rings is 1. The van der Waals surface area contributed by atoms with E-state index in [9.17, 15) is 0 Å². The van der Waals surface area contributed by atoms with Crippen molar-refractivity contribution in [3.63, 3.8) is 0 Å². The standard InChI is InChI=1S/C7H7N3.ClH/c8-6-1-3-10-4-2-9-7(10)5-6;/h1-5H,8H2;1H. The highest BCUT2D eigenvalue weighted by molar-refractivity contribution is 5.85. The molecule has 11 heavy (non-hydrogen) atoms. The van der Waals surface area contributed by atoms with Gasteiger partial charge in [-0.3, -0.25) is 0 Å². The van der Waals surface area contributed by atoms with Crippen LogP contribution in [-0.4, -0.2) is 9.38 Å². The molecule has 0 fully saturated rings. The summed E-state index contributed by atoms with van der Waals surface area (Å²) in [5, 5.41) is 0. The second-order valence-corrected chi connectivity index (χ2v) is 2.15. The molecule has 0 aromatic carbocycles. The van der Waals surface area contributed by atoms with Crippen LogP contribution in [0.1, 0.15) is 0 Å². The molecule has 0 aliphatic heterocycles. The van der Waals surface area contributed by atoms with E-state index in [0.29, 0.717) is 0 Å². The third-order valence-corrected chi connectivity index (χ3v) is 1.42. The average molecular weight is 170 g/mol. The normalized spacial score (nSPS) is 9.45. The van der Waals surface area contributed by atoms with E-state index in [0.717, 1.165) is 11.3 Å². The van der Waals surface area contributed by atoms with E-state index in [1.165, 1.54) is 0 Å². The summed E-state index contributed by atoms with van der Waals surface area (Å²) in [6.45, 7) is 0. The average Bonchev–Trinajstić information content (AvgIpc) is 2.33. The molecule has 0 atom stereocenters. The molecule has 0 bridgehead atoms. The van der Waals surface area contributed by atoms with Gasteiger partial charge in [-0.05, 0) is 6.07 Å². The zero-order valence-corrected chi connectivity index (χ0v) is 6.58. The Morgan fingerprint density at radius 3 is 3.00 bits per heavy atom. The lowest BCUT2D eigenvalue weighted by Crippen LogP contribution is -1.87. The summed E-state index contributed by atoms with van der Waals surface area (Å²) in [6, 6.07) is 3.68. The number of fused-ring (bicyclic) bond motifs is 1. The number of rotatable bonds is 0. The van der Waals surface area contributed by atoms with Gasteiger partial charge in [0, 0.05) is 30.3 Å². The van der Waals surface area contributed by atoms with Crippen LogP contribution in [0.3, 0.4) is 0 Å². The molecule has 0 saturated heterocycles. The van der Waals surface area contributed by atoms with E-state index in [1.807, 2.05) is 28.9 Å². The third kappa shape index (κ3) is 1.28. The first kappa shape index (κ1) is 7.88. The predicted molar refractivity (Wildman–Crippen MR) is 46.9 cm³/mol. The minimum absolute atomic E-state index is 0. The zero-order valence-electron chi connectivity index (χ0n) is 5.77. The number of anilines is 1. The van der Waals surface area contributed by atoms with Crippen LogP contribution < -0.4 is 5.73 Å². The lowest BCUT2D eigenvalue weighted by atomic mass is 10.4. The highest BCUT2D eigenvalue weighted by atomic mass is 35.5. The smallest absolute Gasteiger partial charge is 0.138 e. The maximum atomic E-state index is 5.53. The summed E-state index contributed by atoms with van der Waals surface area (Å²) in [5.41, 5.74) is 7.17. The van der Waals surface area contributed by atoms with Crippen LogP contribution in [0.25, 0.3) is 5.65 Å². The SMILES string of the molecule is Cl.Nc1ccn2ccnc2c1. The number of hydrogen-bond donors (Lipinski definition) is 1. The minimum atomic E-state index is 0. The fourth-order valence-corrected chi connectivity index (χ4v) is 0.926. The van der Waals surface area contributed by atoms with Gasteiger partial charge in [-0.1, -0.05) is 0 Å². The Labute approximate surface area is 70.3 Å². The van der Waals surface area contributed by atoms with Gasteiger partial charge in [0.1, 0.15) is 5.65 Å². The highest BCUT2D eigenvalue weighted by Gasteiger charge is 1.90. The first-order valence-corrected chi connectivity index (χ1v) is 3.04. The Kier molecular flexibility index (Phi) is 2.01. The van der Waals surface area contributed by atoms with Crippen LogP contribution in [0.5, 0.6) is 0 Å². The summed E-state index contributed by atoms with van der Waals surface area (Å²) in [6.07, 6.45) is 5.52. The molecule has 2 heterocycles. The van der Waals surface area contributed by atoms with Crippen LogP contribution in [0, 0.1) is 0 Å². The molecule has 0 amide bonds. The van der Waals surface area contributed by atoms with Crippen molar-refractivity contribution in [2.45, 2.75) is 0 Å². The maximum absolute atomic E-state index is 5.53. The number of hydrogen-bond acceptors (Lipinski definition) is 2. The second kappa shape index (κ2) is 2.80. The van der Waals surface area contributed by atoms with Crippen molar-refractivity contribution in [1.29, 1.82) is 0 Å². The summed E-state index contributed by atoms with van der Waals surface area (Å²) in [4.78, 5) is 4.06. The van der Waals surface area contributed by atoms with Crippen molar-refractivity contribution in [1.82, 2.24) is 9.38 Å². The molecule has 2 aromatic rings. The van der Waals surface area contributed by atoms with Crippen molar-refractivity contribution >= 4 is 23.7 Å². The highest BCUT2D eigenvalue weighted by Crippen LogP contribution is 2.05. The van der Waals surface area contributed by atoms with Crippen molar-refractivity contribution in [2.24, 2.45) is 0 Å². The predicted octanol–water partition coefficient (Wildman–Crippen LogP) is 1.34. The Hall–Kier alpha value is -1.22. The summed E-state index contributed by atoms with van der Waals surface area (Å²) < 4.78 is 1.91. The Morgan fingerprint density at radius 2 is 2.18 bits per heavy atom. The first-order chi connectivity index (χ1) is 4.86. The van der Waals surface area contributed by atoms with E-state index in [1.54, 1.807) is 6.20 Å². The van der Waals surface area contributed by atoms with E-state index in [-0.39, 0.29) is 12.4 Å². The topological polar surface area (TPSA) is 43.3 Å². The molecule has 2 aromatic heterocycles. The monoisotopic (exact) mass is 169 g/mol. The maximum Gasteiger partial charge on any atom is 0.138 e. The fourth-order valence-electron chi connectivity index (χ4n) is 0.926. The number of aromatic nitrogens is 2. The molecule has 0 spiro atoms. The Balaban J connectivity index is 0.000000605. The number of nitrogen functional groups attached to an aromatic ring is 1. The quantitative estimate of drug-likeness (QED) is 0.647. The number of nitrogens with two attached hydrogens (primary N) is 1. The molecule has 0 aliphatic carbocycles. The molecular formula is C7H8ClN3. The van der Waals surface area contributed by atoms with E-state index in [4.69, 9.17) is 5.73 Å². The van der Waals surface area contributed by atoms with Crippen molar-refractivity contribution < 1.29 is 0 Å². The molecule has 2 rings (SSSR count). The van der Waals surface area contributed by atoms with Crippen LogP contribution in [0.4, 0.5) is 5.69 Å². The van der Waals surface area contributed by atoms with Gasteiger partial charge < -0.3 is 10.1 Å². The lowest BCUT2D eigenvalue weighted by Gasteiger charge is -1.92. The molecule has 0 aliphatic rings. The van der Waals surface area contributed by atoms with Crippen molar-refractivity contribution in [2.75, 3.05) is 5.73 Å². The summed E-state index contributed by atoms with van der Waals surface area (Å²) >= 11 is 0. The van der Waals surface area contributed by atoms with Gasteiger partial charge in [0.15, 0.2) is 0 Å². The fraction of sp³-hybridized carbons (Fsp3) is 0. The molecule has 2 N–H and O–H groups in total. The van der Waals surface area contributed by atoms with Gasteiger partial charge in [-0.15, -0.1) is 12.4 Å². The summed E-state index contributed by atoms with van der Waals surface area (Å²) in [7, 11) is 0. The van der Waals surface area contributed by atoms with Gasteiger partial charge >= 0.3 is 0 Å². The summed E-state index contributed by atoms with van der Waals surface area (Å²) in [5.74, 6) is 0. The molecule has 0 saturated carbocycles. The van der Waals surface area contributed by atoms with Crippen molar-refractivity contribution in [3.8, 4) is 0 Å². The molecule has 3 nitrogen and oxygen atoms in total. The number of nitrogens with zero attached hydrogens (tertiary/aromatic N) is 2. The van der Waals surface area contributed by atoms with Crippen LogP contribution >= 0.6 is 12.4 Å². The second-order valence-electron chi connectivity index (χ2n) is 2.15. The molecule has 58 valence electrons. The minimum Gasteiger partial charge on any atom is -0.399 e. The van der Waals surface area contributed by atoms with E-state index >= 15 is 0 Å².